The second kappa shape index (κ2) is 5.63. The van der Waals surface area contributed by atoms with E-state index in [9.17, 15) is 4.79 Å². The molecule has 0 aromatic carbocycles. The highest BCUT2D eigenvalue weighted by Crippen LogP contribution is 2.19. The van der Waals surface area contributed by atoms with Crippen LogP contribution in [0.25, 0.3) is 28.3 Å². The number of fused-ring (bicyclic) bond motifs is 3. The van der Waals surface area contributed by atoms with Crippen molar-refractivity contribution in [3.63, 3.8) is 0 Å². The molecule has 4 aromatic rings. The van der Waals surface area contributed by atoms with Crippen molar-refractivity contribution in [3.05, 3.63) is 35.1 Å². The van der Waals surface area contributed by atoms with Gasteiger partial charge in [-0.1, -0.05) is 13.8 Å². The van der Waals surface area contributed by atoms with Gasteiger partial charge >= 0.3 is 0 Å². The summed E-state index contributed by atoms with van der Waals surface area (Å²) in [6.45, 7) is 5.62. The topological polar surface area (TPSA) is 85.8 Å². The maximum absolute atomic E-state index is 12.8. The predicted octanol–water partition coefficient (Wildman–Crippen LogP) is 2.06. The van der Waals surface area contributed by atoms with Crippen molar-refractivity contribution >= 4 is 16.9 Å². The Kier molecular flexibility index (Phi) is 3.44. The maximum atomic E-state index is 12.8. The summed E-state index contributed by atoms with van der Waals surface area (Å²) in [7, 11) is 0. The normalized spacial score (nSPS) is 11.8. The van der Waals surface area contributed by atoms with E-state index >= 15 is 0 Å². The lowest BCUT2D eigenvalue weighted by Crippen LogP contribution is -2.23. The number of imidazole rings is 2. The van der Waals surface area contributed by atoms with E-state index in [1.807, 2.05) is 28.4 Å². The molecular formula is C16H19N7O. The molecule has 0 aliphatic heterocycles. The summed E-state index contributed by atoms with van der Waals surface area (Å²) in [6, 6.07) is 0. The Hall–Kier alpha value is -2.90. The monoisotopic (exact) mass is 325 g/mol. The van der Waals surface area contributed by atoms with Crippen molar-refractivity contribution in [2.75, 3.05) is 0 Å². The Morgan fingerprint density at radius 1 is 1.21 bits per heavy atom. The highest BCUT2D eigenvalue weighted by atomic mass is 16.1. The van der Waals surface area contributed by atoms with Crippen molar-refractivity contribution in [3.8, 4) is 11.4 Å². The van der Waals surface area contributed by atoms with E-state index in [-0.39, 0.29) is 5.56 Å². The number of aromatic nitrogens is 7. The summed E-state index contributed by atoms with van der Waals surface area (Å²) in [5, 5.41) is 4.33. The molecule has 0 amide bonds. The van der Waals surface area contributed by atoms with Gasteiger partial charge in [0.2, 0.25) is 5.78 Å². The predicted molar refractivity (Wildman–Crippen MR) is 90.9 cm³/mol. The number of nitrogens with one attached hydrogen (secondary N) is 1. The van der Waals surface area contributed by atoms with Crippen LogP contribution in [0, 0.1) is 0 Å². The molecule has 0 saturated carbocycles. The van der Waals surface area contributed by atoms with Crippen LogP contribution < -0.4 is 5.56 Å². The minimum Gasteiger partial charge on any atom is -0.332 e. The molecule has 0 radical (unpaired) electrons. The lowest BCUT2D eigenvalue weighted by atomic mass is 10.3. The highest BCUT2D eigenvalue weighted by Gasteiger charge is 2.16. The number of hydrogen-bond donors (Lipinski definition) is 1. The van der Waals surface area contributed by atoms with Gasteiger partial charge in [0, 0.05) is 31.7 Å². The Balaban J connectivity index is 1.94. The number of aromatic amines is 1. The first-order valence-electron chi connectivity index (χ1n) is 8.21. The lowest BCUT2D eigenvalue weighted by Gasteiger charge is -2.05. The van der Waals surface area contributed by atoms with Gasteiger partial charge in [-0.25, -0.2) is 9.97 Å². The summed E-state index contributed by atoms with van der Waals surface area (Å²) in [5.41, 5.74) is 1.87. The molecule has 0 saturated heterocycles. The number of hydrogen-bond acceptors (Lipinski definition) is 4. The van der Waals surface area contributed by atoms with Crippen LogP contribution in [0.5, 0.6) is 0 Å². The lowest BCUT2D eigenvalue weighted by molar-refractivity contribution is 0.603. The smallest absolute Gasteiger partial charge is 0.280 e. The molecule has 4 aromatic heterocycles. The van der Waals surface area contributed by atoms with E-state index in [2.05, 4.69) is 27.0 Å². The number of aryl methyl sites for hydroxylation is 2. The van der Waals surface area contributed by atoms with Crippen molar-refractivity contribution in [1.29, 1.82) is 0 Å². The second-order valence-electron chi connectivity index (χ2n) is 5.83. The van der Waals surface area contributed by atoms with E-state index in [4.69, 9.17) is 0 Å². The van der Waals surface area contributed by atoms with Crippen molar-refractivity contribution in [2.45, 2.75) is 39.8 Å². The van der Waals surface area contributed by atoms with Crippen LogP contribution in [0.4, 0.5) is 0 Å². The number of rotatable bonds is 5. The molecule has 0 aliphatic carbocycles. The van der Waals surface area contributed by atoms with Gasteiger partial charge in [-0.3, -0.25) is 18.4 Å². The van der Waals surface area contributed by atoms with Gasteiger partial charge in [-0.15, -0.1) is 0 Å². The summed E-state index contributed by atoms with van der Waals surface area (Å²) in [4.78, 5) is 24.9. The van der Waals surface area contributed by atoms with Gasteiger partial charge in [-0.05, 0) is 12.8 Å². The summed E-state index contributed by atoms with van der Waals surface area (Å²) in [6.07, 6.45) is 9.10. The number of H-pyrrole nitrogens is 1. The molecular weight excluding hydrogens is 306 g/mol. The van der Waals surface area contributed by atoms with Gasteiger partial charge in [0.15, 0.2) is 11.2 Å². The van der Waals surface area contributed by atoms with Crippen LogP contribution in [0.15, 0.2) is 29.6 Å². The summed E-state index contributed by atoms with van der Waals surface area (Å²) >= 11 is 0. The minimum atomic E-state index is -0.0924. The zero-order valence-electron chi connectivity index (χ0n) is 13.7. The standard InChI is InChI=1S/C16H19N7O/c1-3-6-21-10-11(9-18-21)13-19-12-14(20-13)22-8-5-17-16(22)23(7-4-2)15(12)24/h5,8-10H,3-4,6-7H2,1-2H3,(H,19,20). The zero-order chi connectivity index (χ0) is 16.7. The molecule has 0 unspecified atom stereocenters. The van der Waals surface area contributed by atoms with Crippen LogP contribution in [-0.2, 0) is 13.1 Å². The van der Waals surface area contributed by atoms with E-state index in [0.717, 1.165) is 24.9 Å². The maximum Gasteiger partial charge on any atom is 0.280 e. The second-order valence-corrected chi connectivity index (χ2v) is 5.83. The van der Waals surface area contributed by atoms with Crippen LogP contribution in [0.2, 0.25) is 0 Å². The van der Waals surface area contributed by atoms with Gasteiger partial charge in [0.25, 0.3) is 5.56 Å². The molecule has 0 fully saturated rings. The fourth-order valence-corrected chi connectivity index (χ4v) is 2.97. The van der Waals surface area contributed by atoms with Crippen LogP contribution in [0.1, 0.15) is 26.7 Å². The molecule has 0 spiro atoms. The fourth-order valence-electron chi connectivity index (χ4n) is 2.97. The van der Waals surface area contributed by atoms with Crippen LogP contribution in [-0.4, -0.2) is 33.7 Å². The molecule has 4 heterocycles. The Bertz CT molecular complexity index is 1070. The van der Waals surface area contributed by atoms with E-state index < -0.39 is 0 Å². The molecule has 0 atom stereocenters. The average molecular weight is 325 g/mol. The van der Waals surface area contributed by atoms with Gasteiger partial charge in [0.1, 0.15) is 5.82 Å². The number of nitrogens with zero attached hydrogens (tertiary/aromatic N) is 6. The van der Waals surface area contributed by atoms with Crippen molar-refractivity contribution in [2.24, 2.45) is 0 Å². The first kappa shape index (κ1) is 14.7. The Labute approximate surface area is 137 Å². The van der Waals surface area contributed by atoms with Crippen molar-refractivity contribution < 1.29 is 0 Å². The first-order chi connectivity index (χ1) is 11.7. The quantitative estimate of drug-likeness (QED) is 0.608. The third-order valence-corrected chi connectivity index (χ3v) is 4.04. The van der Waals surface area contributed by atoms with Crippen LogP contribution in [0.3, 0.4) is 0 Å². The van der Waals surface area contributed by atoms with Crippen LogP contribution >= 0.6 is 0 Å². The molecule has 24 heavy (non-hydrogen) atoms. The third-order valence-electron chi connectivity index (χ3n) is 4.04. The van der Waals surface area contributed by atoms with E-state index in [1.54, 1.807) is 17.0 Å². The third kappa shape index (κ3) is 2.14. The minimum absolute atomic E-state index is 0.0924. The fraction of sp³-hybridized carbons (Fsp3) is 0.375. The summed E-state index contributed by atoms with van der Waals surface area (Å²) < 4.78 is 5.42. The Morgan fingerprint density at radius 2 is 2.04 bits per heavy atom. The van der Waals surface area contributed by atoms with E-state index in [1.165, 1.54) is 0 Å². The highest BCUT2D eigenvalue weighted by molar-refractivity contribution is 5.77. The molecule has 0 bridgehead atoms. The van der Waals surface area contributed by atoms with Gasteiger partial charge in [0.05, 0.1) is 11.8 Å². The molecule has 8 heteroatoms. The first-order valence-corrected chi connectivity index (χ1v) is 8.21. The largest absolute Gasteiger partial charge is 0.332 e. The molecule has 0 aliphatic rings. The SMILES string of the molecule is CCCn1cc(-c2nc3c([nH]2)c(=O)n(CCC)c2nccn32)cn1. The zero-order valence-corrected chi connectivity index (χ0v) is 13.7. The molecule has 4 rings (SSSR count). The molecule has 1 N–H and O–H groups in total. The Morgan fingerprint density at radius 3 is 2.83 bits per heavy atom. The average Bonchev–Trinajstić information content (AvgIpc) is 3.28. The molecule has 124 valence electrons. The van der Waals surface area contributed by atoms with E-state index in [0.29, 0.717) is 29.3 Å². The van der Waals surface area contributed by atoms with Gasteiger partial charge in [-0.2, -0.15) is 5.10 Å². The van der Waals surface area contributed by atoms with Gasteiger partial charge < -0.3 is 4.98 Å². The van der Waals surface area contributed by atoms with Crippen molar-refractivity contribution in [1.82, 2.24) is 33.7 Å². The molecule has 8 nitrogen and oxygen atoms in total. The summed E-state index contributed by atoms with van der Waals surface area (Å²) in [5.74, 6) is 1.27.